The first kappa shape index (κ1) is 16.8. The van der Waals surface area contributed by atoms with Gasteiger partial charge in [0.15, 0.2) is 0 Å². The molecule has 2 aromatic rings. The molecule has 3 heterocycles. The third-order valence-electron chi connectivity index (χ3n) is 5.69. The molecule has 0 amide bonds. The Labute approximate surface area is 150 Å². The first-order chi connectivity index (χ1) is 12.3. The highest BCUT2D eigenvalue weighted by atomic mass is 16.3. The Kier molecular flexibility index (Phi) is 5.18. The molecule has 0 radical (unpaired) electrons. The second kappa shape index (κ2) is 7.71. The molecule has 0 bridgehead atoms. The van der Waals surface area contributed by atoms with E-state index in [0.717, 1.165) is 44.7 Å². The van der Waals surface area contributed by atoms with Gasteiger partial charge in [0.25, 0.3) is 0 Å². The van der Waals surface area contributed by atoms with E-state index >= 15 is 0 Å². The Bertz CT molecular complexity index is 711. The van der Waals surface area contributed by atoms with E-state index in [-0.39, 0.29) is 0 Å². The summed E-state index contributed by atoms with van der Waals surface area (Å²) in [5.74, 6) is 1.62. The van der Waals surface area contributed by atoms with Gasteiger partial charge in [-0.1, -0.05) is 18.2 Å². The van der Waals surface area contributed by atoms with Crippen LogP contribution in [0, 0.1) is 5.92 Å². The number of piperidine rings is 2. The fourth-order valence-corrected chi connectivity index (χ4v) is 4.33. The van der Waals surface area contributed by atoms with Crippen LogP contribution in [0.3, 0.4) is 0 Å². The number of aromatic nitrogens is 1. The van der Waals surface area contributed by atoms with Crippen molar-refractivity contribution in [2.45, 2.75) is 38.6 Å². The lowest BCUT2D eigenvalue weighted by Gasteiger charge is -2.34. The fraction of sp³-hybridized carbons (Fsp3) is 0.571. The van der Waals surface area contributed by atoms with Crippen molar-refractivity contribution >= 4 is 16.7 Å². The number of aliphatic hydroxyl groups is 1. The average molecular weight is 339 g/mol. The summed E-state index contributed by atoms with van der Waals surface area (Å²) in [6.07, 6.45) is 6.21. The number of anilines is 1. The maximum absolute atomic E-state index is 9.53. The lowest BCUT2D eigenvalue weighted by molar-refractivity contribution is 0.116. The van der Waals surface area contributed by atoms with Gasteiger partial charge in [-0.2, -0.15) is 0 Å². The van der Waals surface area contributed by atoms with Crippen molar-refractivity contribution < 1.29 is 5.11 Å². The van der Waals surface area contributed by atoms with Gasteiger partial charge in [-0.3, -0.25) is 4.90 Å². The minimum Gasteiger partial charge on any atom is -0.396 e. The number of aliphatic hydroxyl groups excluding tert-OH is 1. The largest absolute Gasteiger partial charge is 0.396 e. The summed E-state index contributed by atoms with van der Waals surface area (Å²) in [5.41, 5.74) is 2.44. The van der Waals surface area contributed by atoms with Gasteiger partial charge in [-0.15, -0.1) is 0 Å². The summed E-state index contributed by atoms with van der Waals surface area (Å²) in [4.78, 5) is 10.0. The van der Waals surface area contributed by atoms with Crippen LogP contribution in [0.2, 0.25) is 0 Å². The van der Waals surface area contributed by atoms with E-state index in [1.54, 1.807) is 0 Å². The van der Waals surface area contributed by atoms with E-state index in [9.17, 15) is 5.11 Å². The number of hydrogen-bond acceptors (Lipinski definition) is 4. The molecule has 4 heteroatoms. The molecule has 1 aromatic carbocycles. The van der Waals surface area contributed by atoms with E-state index in [1.165, 1.54) is 42.5 Å². The topological polar surface area (TPSA) is 39.6 Å². The van der Waals surface area contributed by atoms with Crippen LogP contribution in [0.15, 0.2) is 30.3 Å². The van der Waals surface area contributed by atoms with Crippen LogP contribution >= 0.6 is 0 Å². The zero-order chi connectivity index (χ0) is 17.1. The first-order valence-corrected chi connectivity index (χ1v) is 9.80. The zero-order valence-corrected chi connectivity index (χ0v) is 15.0. The molecule has 2 saturated heterocycles. The molecule has 25 heavy (non-hydrogen) atoms. The number of para-hydroxylation sites is 1. The van der Waals surface area contributed by atoms with Crippen molar-refractivity contribution in [1.29, 1.82) is 0 Å². The monoisotopic (exact) mass is 339 g/mol. The highest BCUT2D eigenvalue weighted by Gasteiger charge is 2.22. The number of likely N-dealkylation sites (tertiary alicyclic amines) is 1. The molecule has 4 nitrogen and oxygen atoms in total. The van der Waals surface area contributed by atoms with E-state index < -0.39 is 0 Å². The molecular weight excluding hydrogens is 310 g/mol. The number of rotatable bonds is 4. The Hall–Kier alpha value is -1.65. The predicted octanol–water partition coefficient (Wildman–Crippen LogP) is 3.43. The van der Waals surface area contributed by atoms with Crippen molar-refractivity contribution in [3.63, 3.8) is 0 Å². The molecule has 1 N–H and O–H groups in total. The summed E-state index contributed by atoms with van der Waals surface area (Å²) >= 11 is 0. The number of hydrogen-bond donors (Lipinski definition) is 1. The summed E-state index contributed by atoms with van der Waals surface area (Å²) in [6.45, 7) is 5.63. The minimum atomic E-state index is 0.311. The van der Waals surface area contributed by atoms with Gasteiger partial charge in [-0.25, -0.2) is 4.98 Å². The third kappa shape index (κ3) is 3.80. The highest BCUT2D eigenvalue weighted by Crippen LogP contribution is 2.28. The van der Waals surface area contributed by atoms with Crippen molar-refractivity contribution in [2.75, 3.05) is 37.7 Å². The van der Waals surface area contributed by atoms with Crippen LogP contribution in [0.5, 0.6) is 0 Å². The Morgan fingerprint density at radius 2 is 1.88 bits per heavy atom. The number of pyridine rings is 1. The van der Waals surface area contributed by atoms with Gasteiger partial charge in [0.1, 0.15) is 5.82 Å². The normalized spacial score (nSPS) is 22.4. The maximum Gasteiger partial charge on any atom is 0.133 e. The van der Waals surface area contributed by atoms with Gasteiger partial charge >= 0.3 is 0 Å². The van der Waals surface area contributed by atoms with Gasteiger partial charge in [0.05, 0.1) is 5.52 Å². The molecule has 4 rings (SSSR count). The SMILES string of the molecule is OCC1CCCN(Cc2cc3ccccc3nc2N2CCCCC2)C1. The van der Waals surface area contributed by atoms with Crippen LogP contribution in [0.4, 0.5) is 5.82 Å². The Morgan fingerprint density at radius 3 is 2.72 bits per heavy atom. The molecule has 1 unspecified atom stereocenters. The summed E-state index contributed by atoms with van der Waals surface area (Å²) in [7, 11) is 0. The summed E-state index contributed by atoms with van der Waals surface area (Å²) in [5, 5.41) is 10.8. The molecule has 2 aliphatic heterocycles. The van der Waals surface area contributed by atoms with E-state index in [1.807, 2.05) is 0 Å². The summed E-state index contributed by atoms with van der Waals surface area (Å²) in [6, 6.07) is 10.8. The average Bonchev–Trinajstić information content (AvgIpc) is 2.68. The smallest absolute Gasteiger partial charge is 0.133 e. The minimum absolute atomic E-state index is 0.311. The number of fused-ring (bicyclic) bond motifs is 1. The molecule has 2 aliphatic rings. The van der Waals surface area contributed by atoms with Crippen LogP contribution in [-0.4, -0.2) is 47.8 Å². The van der Waals surface area contributed by atoms with E-state index in [4.69, 9.17) is 4.98 Å². The van der Waals surface area contributed by atoms with Crippen molar-refractivity contribution in [1.82, 2.24) is 9.88 Å². The number of benzene rings is 1. The molecule has 0 aliphatic carbocycles. The molecule has 134 valence electrons. The van der Waals surface area contributed by atoms with Crippen molar-refractivity contribution in [3.8, 4) is 0 Å². The lowest BCUT2D eigenvalue weighted by atomic mass is 9.98. The van der Waals surface area contributed by atoms with E-state index in [2.05, 4.69) is 40.1 Å². The van der Waals surface area contributed by atoms with Crippen LogP contribution in [0.1, 0.15) is 37.7 Å². The molecule has 0 saturated carbocycles. The molecule has 1 aromatic heterocycles. The second-order valence-corrected chi connectivity index (χ2v) is 7.64. The van der Waals surface area contributed by atoms with Gasteiger partial charge < -0.3 is 10.0 Å². The summed E-state index contributed by atoms with van der Waals surface area (Å²) < 4.78 is 0. The van der Waals surface area contributed by atoms with Gasteiger partial charge in [0.2, 0.25) is 0 Å². The fourth-order valence-electron chi connectivity index (χ4n) is 4.33. The van der Waals surface area contributed by atoms with Gasteiger partial charge in [0, 0.05) is 43.7 Å². The van der Waals surface area contributed by atoms with Crippen molar-refractivity contribution in [3.05, 3.63) is 35.9 Å². The van der Waals surface area contributed by atoms with Crippen molar-refractivity contribution in [2.24, 2.45) is 5.92 Å². The quantitative estimate of drug-likeness (QED) is 0.926. The standard InChI is InChI=1S/C21H29N3O/c25-16-17-7-6-10-23(14-17)15-19-13-18-8-2-3-9-20(18)22-21(19)24-11-4-1-5-12-24/h2-3,8-9,13,17,25H,1,4-7,10-12,14-16H2. The predicted molar refractivity (Wildman–Crippen MR) is 103 cm³/mol. The van der Waals surface area contributed by atoms with Crippen LogP contribution in [-0.2, 0) is 6.54 Å². The second-order valence-electron chi connectivity index (χ2n) is 7.64. The van der Waals surface area contributed by atoms with Crippen LogP contribution in [0.25, 0.3) is 10.9 Å². The Balaban J connectivity index is 1.65. The Morgan fingerprint density at radius 1 is 1.04 bits per heavy atom. The number of nitrogens with zero attached hydrogens (tertiary/aromatic N) is 3. The molecule has 0 spiro atoms. The molecular formula is C21H29N3O. The third-order valence-corrected chi connectivity index (χ3v) is 5.69. The maximum atomic E-state index is 9.53. The first-order valence-electron chi connectivity index (χ1n) is 9.80. The molecule has 2 fully saturated rings. The lowest BCUT2D eigenvalue weighted by Crippen LogP contribution is -2.37. The molecule has 1 atom stereocenters. The van der Waals surface area contributed by atoms with Gasteiger partial charge in [-0.05, 0) is 56.7 Å². The highest BCUT2D eigenvalue weighted by molar-refractivity contribution is 5.81. The van der Waals surface area contributed by atoms with E-state index in [0.29, 0.717) is 12.5 Å². The zero-order valence-electron chi connectivity index (χ0n) is 15.0. The van der Waals surface area contributed by atoms with Crippen LogP contribution < -0.4 is 4.90 Å².